The van der Waals surface area contributed by atoms with Crippen LogP contribution in [0.25, 0.3) is 0 Å². The molecule has 1 saturated heterocycles. The fraction of sp³-hybridized carbons (Fsp3) is 0.267. The van der Waals surface area contributed by atoms with Gasteiger partial charge in [-0.15, -0.1) is 11.8 Å². The van der Waals surface area contributed by atoms with E-state index in [2.05, 4.69) is 5.32 Å². The van der Waals surface area contributed by atoms with Crippen LogP contribution in [-0.2, 0) is 0 Å². The molecule has 20 heavy (non-hydrogen) atoms. The summed E-state index contributed by atoms with van der Waals surface area (Å²) < 4.78 is 5.43. The Morgan fingerprint density at radius 3 is 2.95 bits per heavy atom. The van der Waals surface area contributed by atoms with Crippen LogP contribution in [0.1, 0.15) is 16.7 Å². The Balaban J connectivity index is 1.75. The Hall–Kier alpha value is -1.88. The highest BCUT2D eigenvalue weighted by atomic mass is 32.2. The van der Waals surface area contributed by atoms with Crippen molar-refractivity contribution in [1.29, 1.82) is 0 Å². The van der Waals surface area contributed by atoms with Gasteiger partial charge in [-0.25, -0.2) is 4.79 Å². The van der Waals surface area contributed by atoms with Crippen LogP contribution < -0.4 is 5.32 Å². The summed E-state index contributed by atoms with van der Waals surface area (Å²) in [6.45, 7) is 2.71. The van der Waals surface area contributed by atoms with Crippen molar-refractivity contribution in [3.8, 4) is 0 Å². The zero-order valence-corrected chi connectivity index (χ0v) is 12.0. The van der Waals surface area contributed by atoms with E-state index in [0.717, 1.165) is 29.3 Å². The quantitative estimate of drug-likeness (QED) is 0.912. The van der Waals surface area contributed by atoms with Crippen LogP contribution >= 0.6 is 11.8 Å². The second kappa shape index (κ2) is 5.63. The molecule has 0 bridgehead atoms. The first kappa shape index (κ1) is 13.1. The number of urea groups is 1. The van der Waals surface area contributed by atoms with E-state index in [9.17, 15) is 4.79 Å². The molecule has 2 aromatic rings. The Morgan fingerprint density at radius 2 is 2.20 bits per heavy atom. The van der Waals surface area contributed by atoms with E-state index >= 15 is 0 Å². The van der Waals surface area contributed by atoms with E-state index in [4.69, 9.17) is 4.42 Å². The highest BCUT2D eigenvalue weighted by Gasteiger charge is 2.32. The van der Waals surface area contributed by atoms with Crippen molar-refractivity contribution in [3.05, 3.63) is 54.0 Å². The Kier molecular flexibility index (Phi) is 3.69. The zero-order valence-electron chi connectivity index (χ0n) is 11.2. The number of furan rings is 1. The van der Waals surface area contributed by atoms with Gasteiger partial charge in [-0.1, -0.05) is 18.2 Å². The van der Waals surface area contributed by atoms with Crippen LogP contribution in [0, 0.1) is 6.92 Å². The molecule has 3 rings (SSSR count). The van der Waals surface area contributed by atoms with Gasteiger partial charge in [-0.3, -0.25) is 0 Å². The van der Waals surface area contributed by atoms with Crippen LogP contribution in [0.5, 0.6) is 0 Å². The number of hydrogen-bond donors (Lipinski definition) is 1. The normalized spacial score (nSPS) is 18.2. The number of aryl methyl sites for hydroxylation is 1. The summed E-state index contributed by atoms with van der Waals surface area (Å²) in [7, 11) is 0. The number of carbonyl (C=O) groups excluding carboxylic acids is 1. The second-order valence-corrected chi connectivity index (χ2v) is 5.87. The molecule has 0 saturated carbocycles. The minimum atomic E-state index is -0.0781. The number of nitrogens with zero attached hydrogens (tertiary/aromatic N) is 1. The predicted octanol–water partition coefficient (Wildman–Crippen LogP) is 3.87. The van der Waals surface area contributed by atoms with Crippen molar-refractivity contribution in [3.63, 3.8) is 0 Å². The topological polar surface area (TPSA) is 45.5 Å². The number of anilines is 1. The maximum atomic E-state index is 12.4. The van der Waals surface area contributed by atoms with Crippen molar-refractivity contribution in [1.82, 2.24) is 4.90 Å². The summed E-state index contributed by atoms with van der Waals surface area (Å²) in [6.07, 6.45) is 1.64. The summed E-state index contributed by atoms with van der Waals surface area (Å²) in [4.78, 5) is 14.2. The van der Waals surface area contributed by atoms with Gasteiger partial charge in [0.05, 0.1) is 6.26 Å². The molecule has 2 heterocycles. The van der Waals surface area contributed by atoms with Gasteiger partial charge in [0.2, 0.25) is 0 Å². The van der Waals surface area contributed by atoms with Gasteiger partial charge in [0.25, 0.3) is 0 Å². The number of carbonyl (C=O) groups is 1. The van der Waals surface area contributed by atoms with Crippen LogP contribution in [0.2, 0.25) is 0 Å². The van der Waals surface area contributed by atoms with Gasteiger partial charge in [-0.2, -0.15) is 0 Å². The molecule has 1 aromatic carbocycles. The number of amides is 2. The lowest BCUT2D eigenvalue weighted by molar-refractivity contribution is 0.209. The fourth-order valence-corrected chi connectivity index (χ4v) is 3.45. The Bertz CT molecular complexity index is 598. The van der Waals surface area contributed by atoms with Crippen molar-refractivity contribution in [2.75, 3.05) is 17.6 Å². The minimum absolute atomic E-state index is 0.0333. The Morgan fingerprint density at radius 1 is 1.35 bits per heavy atom. The molecular formula is C15H16N2O2S. The first-order valence-electron chi connectivity index (χ1n) is 6.54. The zero-order chi connectivity index (χ0) is 13.9. The highest BCUT2D eigenvalue weighted by Crippen LogP contribution is 2.38. The van der Waals surface area contributed by atoms with E-state index in [0.29, 0.717) is 0 Å². The van der Waals surface area contributed by atoms with Crippen LogP contribution in [-0.4, -0.2) is 23.2 Å². The van der Waals surface area contributed by atoms with Crippen molar-refractivity contribution < 1.29 is 9.21 Å². The van der Waals surface area contributed by atoms with Gasteiger partial charge in [0.1, 0.15) is 11.1 Å². The van der Waals surface area contributed by atoms with Gasteiger partial charge in [-0.05, 0) is 30.7 Å². The third-order valence-electron chi connectivity index (χ3n) is 3.33. The summed E-state index contributed by atoms with van der Waals surface area (Å²) >= 11 is 1.72. The molecule has 1 atom stereocenters. The number of thioether (sulfide) groups is 1. The molecule has 1 aromatic heterocycles. The van der Waals surface area contributed by atoms with E-state index in [-0.39, 0.29) is 11.4 Å². The number of nitrogens with one attached hydrogen (secondary N) is 1. The molecule has 0 spiro atoms. The van der Waals surface area contributed by atoms with E-state index in [1.165, 1.54) is 0 Å². The average molecular weight is 288 g/mol. The molecule has 4 nitrogen and oxygen atoms in total. The minimum Gasteiger partial charge on any atom is -0.466 e. The predicted molar refractivity (Wildman–Crippen MR) is 80.8 cm³/mol. The molecular weight excluding hydrogens is 272 g/mol. The molecule has 1 aliphatic rings. The highest BCUT2D eigenvalue weighted by molar-refractivity contribution is 7.99. The van der Waals surface area contributed by atoms with Crippen molar-refractivity contribution in [2.45, 2.75) is 12.3 Å². The number of benzene rings is 1. The van der Waals surface area contributed by atoms with Gasteiger partial charge >= 0.3 is 6.03 Å². The molecule has 2 amide bonds. The number of hydrogen-bond acceptors (Lipinski definition) is 3. The molecule has 5 heteroatoms. The first-order valence-corrected chi connectivity index (χ1v) is 7.59. The smallest absolute Gasteiger partial charge is 0.323 e. The van der Waals surface area contributed by atoms with Crippen molar-refractivity contribution in [2.24, 2.45) is 0 Å². The standard InChI is InChI=1S/C15H16N2O2S/c1-11-5-2-3-6-12(11)16-15(18)17-8-10-20-14(17)13-7-4-9-19-13/h2-7,9,14H,8,10H2,1H3,(H,16,18)/t14-/m1/s1. The van der Waals surface area contributed by atoms with E-state index < -0.39 is 0 Å². The SMILES string of the molecule is Cc1ccccc1NC(=O)N1CCS[C@@H]1c1ccco1. The fourth-order valence-electron chi connectivity index (χ4n) is 2.25. The third-order valence-corrected chi connectivity index (χ3v) is 4.55. The first-order chi connectivity index (χ1) is 9.75. The van der Waals surface area contributed by atoms with E-state index in [1.54, 1.807) is 18.0 Å². The maximum absolute atomic E-state index is 12.4. The van der Waals surface area contributed by atoms with E-state index in [1.807, 2.05) is 48.2 Å². The van der Waals surface area contributed by atoms with Gasteiger partial charge in [0, 0.05) is 18.0 Å². The summed E-state index contributed by atoms with van der Waals surface area (Å²) in [6, 6.07) is 11.5. The lowest BCUT2D eigenvalue weighted by Crippen LogP contribution is -2.34. The number of para-hydroxylation sites is 1. The molecule has 0 radical (unpaired) electrons. The monoisotopic (exact) mass is 288 g/mol. The van der Waals surface area contributed by atoms with Gasteiger partial charge < -0.3 is 14.6 Å². The third kappa shape index (κ3) is 2.54. The van der Waals surface area contributed by atoms with Crippen LogP contribution in [0.15, 0.2) is 47.1 Å². The molecule has 104 valence electrons. The lowest BCUT2D eigenvalue weighted by Gasteiger charge is -2.23. The molecule has 0 aliphatic carbocycles. The second-order valence-electron chi connectivity index (χ2n) is 4.68. The van der Waals surface area contributed by atoms with Crippen LogP contribution in [0.3, 0.4) is 0 Å². The molecule has 1 aliphatic heterocycles. The molecule has 0 unspecified atom stereocenters. The largest absolute Gasteiger partial charge is 0.466 e. The summed E-state index contributed by atoms with van der Waals surface area (Å²) in [5, 5.41) is 2.94. The summed E-state index contributed by atoms with van der Waals surface area (Å²) in [5.74, 6) is 1.75. The molecule has 1 fully saturated rings. The Labute approximate surface area is 122 Å². The number of rotatable bonds is 2. The summed E-state index contributed by atoms with van der Waals surface area (Å²) in [5.41, 5.74) is 1.91. The average Bonchev–Trinajstić information content (AvgIpc) is 3.11. The maximum Gasteiger partial charge on any atom is 0.323 e. The van der Waals surface area contributed by atoms with Crippen LogP contribution in [0.4, 0.5) is 10.5 Å². The molecule has 1 N–H and O–H groups in total. The lowest BCUT2D eigenvalue weighted by atomic mass is 10.2. The van der Waals surface area contributed by atoms with Crippen molar-refractivity contribution >= 4 is 23.5 Å². The van der Waals surface area contributed by atoms with Gasteiger partial charge in [0.15, 0.2) is 0 Å².